The lowest BCUT2D eigenvalue weighted by Gasteiger charge is -2.14. The van der Waals surface area contributed by atoms with Crippen LogP contribution in [0.1, 0.15) is 30.5 Å². The highest BCUT2D eigenvalue weighted by Crippen LogP contribution is 2.21. The van der Waals surface area contributed by atoms with E-state index in [2.05, 4.69) is 15.4 Å². The van der Waals surface area contributed by atoms with E-state index in [9.17, 15) is 4.79 Å². The van der Waals surface area contributed by atoms with Crippen molar-refractivity contribution in [2.45, 2.75) is 25.8 Å². The normalized spacial score (nSPS) is 11.9. The lowest BCUT2D eigenvalue weighted by molar-refractivity contribution is -0.122. The van der Waals surface area contributed by atoms with Gasteiger partial charge in [0, 0.05) is 25.0 Å². The van der Waals surface area contributed by atoms with Crippen LogP contribution in [0.25, 0.3) is 11.3 Å². The maximum atomic E-state index is 12.6. The van der Waals surface area contributed by atoms with Gasteiger partial charge < -0.3 is 5.32 Å². The second kappa shape index (κ2) is 7.75. The van der Waals surface area contributed by atoms with Crippen LogP contribution in [0.15, 0.2) is 60.9 Å². The van der Waals surface area contributed by atoms with Crippen molar-refractivity contribution in [3.8, 4) is 11.3 Å². The molecule has 1 aromatic carbocycles. The Morgan fingerprint density at radius 3 is 2.56 bits per heavy atom. The van der Waals surface area contributed by atoms with Gasteiger partial charge in [0.2, 0.25) is 5.91 Å². The summed E-state index contributed by atoms with van der Waals surface area (Å²) in [5.74, 6) is -0.102. The van der Waals surface area contributed by atoms with Crippen LogP contribution in [-0.4, -0.2) is 20.7 Å². The first-order valence-electron chi connectivity index (χ1n) is 8.45. The first-order chi connectivity index (χ1) is 12.2. The van der Waals surface area contributed by atoms with Gasteiger partial charge in [0.25, 0.3) is 0 Å². The molecule has 2 heterocycles. The lowest BCUT2D eigenvalue weighted by atomic mass is 9.96. The maximum Gasteiger partial charge on any atom is 0.227 e. The minimum atomic E-state index is -0.135. The van der Waals surface area contributed by atoms with Crippen LogP contribution in [-0.2, 0) is 18.4 Å². The van der Waals surface area contributed by atoms with Crippen molar-refractivity contribution in [3.05, 3.63) is 72.2 Å². The summed E-state index contributed by atoms with van der Waals surface area (Å²) in [7, 11) is 1.90. The highest BCUT2D eigenvalue weighted by atomic mass is 16.1. The standard InChI is InChI=1S/C20H22N4O/c1-3-18(15-7-5-4-6-8-15)20(25)22-14-17-13-19(24(2)23-17)16-9-11-21-12-10-16/h4-13,18H,3,14H2,1-2H3,(H,22,25)/t18-/m1/s1. The van der Waals surface area contributed by atoms with Crippen molar-refractivity contribution >= 4 is 5.91 Å². The van der Waals surface area contributed by atoms with Gasteiger partial charge in [0.05, 0.1) is 23.9 Å². The molecule has 25 heavy (non-hydrogen) atoms. The van der Waals surface area contributed by atoms with Crippen LogP contribution in [0.2, 0.25) is 0 Å². The Bertz CT molecular complexity index is 827. The van der Waals surface area contributed by atoms with Crippen molar-refractivity contribution in [1.82, 2.24) is 20.1 Å². The topological polar surface area (TPSA) is 59.8 Å². The van der Waals surface area contributed by atoms with Gasteiger partial charge in [-0.25, -0.2) is 0 Å². The van der Waals surface area contributed by atoms with Crippen LogP contribution in [0.3, 0.4) is 0 Å². The Morgan fingerprint density at radius 1 is 1.16 bits per heavy atom. The van der Waals surface area contributed by atoms with E-state index in [-0.39, 0.29) is 11.8 Å². The number of aromatic nitrogens is 3. The van der Waals surface area contributed by atoms with Gasteiger partial charge in [-0.3, -0.25) is 14.5 Å². The molecule has 0 spiro atoms. The Balaban J connectivity index is 1.68. The summed E-state index contributed by atoms with van der Waals surface area (Å²) in [6, 6.07) is 15.8. The number of amides is 1. The monoisotopic (exact) mass is 334 g/mol. The number of carbonyl (C=O) groups excluding carboxylic acids is 1. The third kappa shape index (κ3) is 3.94. The van der Waals surface area contributed by atoms with Gasteiger partial charge in [0.15, 0.2) is 0 Å². The number of rotatable bonds is 6. The molecular formula is C20H22N4O. The van der Waals surface area contributed by atoms with E-state index in [0.29, 0.717) is 6.54 Å². The van der Waals surface area contributed by atoms with Crippen LogP contribution in [0, 0.1) is 0 Å². The summed E-state index contributed by atoms with van der Waals surface area (Å²) in [6.45, 7) is 2.45. The highest BCUT2D eigenvalue weighted by Gasteiger charge is 2.18. The molecule has 0 saturated heterocycles. The summed E-state index contributed by atoms with van der Waals surface area (Å²) in [4.78, 5) is 16.6. The second-order valence-corrected chi connectivity index (χ2v) is 5.97. The highest BCUT2D eigenvalue weighted by molar-refractivity contribution is 5.83. The van der Waals surface area contributed by atoms with Crippen molar-refractivity contribution in [1.29, 1.82) is 0 Å². The fourth-order valence-corrected chi connectivity index (χ4v) is 2.96. The zero-order chi connectivity index (χ0) is 17.6. The van der Waals surface area contributed by atoms with E-state index in [1.807, 2.05) is 67.2 Å². The molecule has 0 aliphatic rings. The molecule has 0 aliphatic heterocycles. The zero-order valence-electron chi connectivity index (χ0n) is 14.5. The summed E-state index contributed by atoms with van der Waals surface area (Å²) in [5, 5.41) is 7.51. The molecule has 0 aliphatic carbocycles. The zero-order valence-corrected chi connectivity index (χ0v) is 14.5. The van der Waals surface area contributed by atoms with Crippen LogP contribution in [0.4, 0.5) is 0 Å². The second-order valence-electron chi connectivity index (χ2n) is 5.97. The minimum absolute atomic E-state index is 0.0322. The Hall–Kier alpha value is -2.95. The average Bonchev–Trinajstić information content (AvgIpc) is 3.03. The molecule has 0 bridgehead atoms. The molecule has 0 saturated carbocycles. The summed E-state index contributed by atoms with van der Waals surface area (Å²) >= 11 is 0. The molecule has 1 amide bonds. The molecule has 1 N–H and O–H groups in total. The molecule has 128 valence electrons. The van der Waals surface area contributed by atoms with E-state index in [1.54, 1.807) is 12.4 Å². The van der Waals surface area contributed by atoms with E-state index in [1.165, 1.54) is 0 Å². The van der Waals surface area contributed by atoms with Crippen molar-refractivity contribution < 1.29 is 4.79 Å². The fourth-order valence-electron chi connectivity index (χ4n) is 2.96. The van der Waals surface area contributed by atoms with Gasteiger partial charge in [-0.15, -0.1) is 0 Å². The van der Waals surface area contributed by atoms with Crippen LogP contribution in [0.5, 0.6) is 0 Å². The third-order valence-corrected chi connectivity index (χ3v) is 4.28. The molecule has 0 unspecified atom stereocenters. The number of carbonyl (C=O) groups is 1. The van der Waals surface area contributed by atoms with E-state index < -0.39 is 0 Å². The van der Waals surface area contributed by atoms with Crippen molar-refractivity contribution in [2.75, 3.05) is 0 Å². The number of hydrogen-bond donors (Lipinski definition) is 1. The first-order valence-corrected chi connectivity index (χ1v) is 8.45. The smallest absolute Gasteiger partial charge is 0.227 e. The largest absolute Gasteiger partial charge is 0.350 e. The van der Waals surface area contributed by atoms with E-state index in [4.69, 9.17) is 0 Å². The number of hydrogen-bond acceptors (Lipinski definition) is 3. The van der Waals surface area contributed by atoms with Gasteiger partial charge in [0.1, 0.15) is 0 Å². The molecule has 3 aromatic rings. The molecule has 5 nitrogen and oxygen atoms in total. The summed E-state index contributed by atoms with van der Waals surface area (Å²) < 4.78 is 1.82. The molecule has 3 rings (SSSR count). The van der Waals surface area contributed by atoms with Gasteiger partial charge in [-0.05, 0) is 30.2 Å². The first kappa shape index (κ1) is 16.9. The Morgan fingerprint density at radius 2 is 1.88 bits per heavy atom. The number of aryl methyl sites for hydroxylation is 1. The van der Waals surface area contributed by atoms with Gasteiger partial charge in [-0.1, -0.05) is 37.3 Å². The fraction of sp³-hybridized carbons (Fsp3) is 0.250. The molecule has 1 atom stereocenters. The summed E-state index contributed by atoms with van der Waals surface area (Å²) in [5.41, 5.74) is 3.94. The molecule has 2 aromatic heterocycles. The summed E-state index contributed by atoms with van der Waals surface area (Å²) in [6.07, 6.45) is 4.28. The Kier molecular flexibility index (Phi) is 5.23. The number of pyridine rings is 1. The number of nitrogens with one attached hydrogen (secondary N) is 1. The van der Waals surface area contributed by atoms with Crippen LogP contribution < -0.4 is 5.32 Å². The lowest BCUT2D eigenvalue weighted by Crippen LogP contribution is -2.28. The quantitative estimate of drug-likeness (QED) is 0.752. The van der Waals surface area contributed by atoms with Gasteiger partial charge >= 0.3 is 0 Å². The van der Waals surface area contributed by atoms with Crippen LogP contribution >= 0.6 is 0 Å². The molecular weight excluding hydrogens is 312 g/mol. The third-order valence-electron chi connectivity index (χ3n) is 4.28. The Labute approximate surface area is 147 Å². The predicted octanol–water partition coefficient (Wildman–Crippen LogP) is 3.29. The number of nitrogens with zero attached hydrogens (tertiary/aromatic N) is 3. The average molecular weight is 334 g/mol. The van der Waals surface area contributed by atoms with E-state index >= 15 is 0 Å². The van der Waals surface area contributed by atoms with Gasteiger partial charge in [-0.2, -0.15) is 5.10 Å². The number of benzene rings is 1. The van der Waals surface area contributed by atoms with Crippen molar-refractivity contribution in [3.63, 3.8) is 0 Å². The minimum Gasteiger partial charge on any atom is -0.350 e. The molecule has 0 radical (unpaired) electrons. The van der Waals surface area contributed by atoms with E-state index in [0.717, 1.165) is 28.9 Å². The van der Waals surface area contributed by atoms with Crippen molar-refractivity contribution in [2.24, 2.45) is 7.05 Å². The molecule has 0 fully saturated rings. The predicted molar refractivity (Wildman–Crippen MR) is 97.8 cm³/mol. The SMILES string of the molecule is CC[C@@H](C(=O)NCc1cc(-c2ccncc2)n(C)n1)c1ccccc1. The molecule has 5 heteroatoms. The maximum absolute atomic E-state index is 12.6.